The van der Waals surface area contributed by atoms with E-state index < -0.39 is 0 Å². The topological polar surface area (TPSA) is 106 Å². The normalized spacial score (nSPS) is 14.8. The quantitative estimate of drug-likeness (QED) is 0.359. The maximum atomic E-state index is 11.2. The summed E-state index contributed by atoms with van der Waals surface area (Å²) in [7, 11) is 1.38. The molecule has 1 aliphatic heterocycles. The standard InChI is InChI=1S/C25H32N6O2.H2/c1-17(2)27-15-21(13-26)24-18(3)14-28-25(30-24)29-22-8-7-20-16-31(11-9-19(20)12-22)10-5-6-23(32)33-4;/h5-8,12-15,17H,9-11,16,26H2,1-4H3,(H,28,29,30);1H/b6-5+,21-13+,27-15?;. The van der Waals surface area contributed by atoms with Crippen LogP contribution in [0.2, 0.25) is 0 Å². The van der Waals surface area contributed by atoms with Crippen molar-refractivity contribution >= 4 is 29.4 Å². The number of carbonyl (C=O) groups excluding carboxylic acids is 1. The summed E-state index contributed by atoms with van der Waals surface area (Å²) >= 11 is 0. The first-order chi connectivity index (χ1) is 15.9. The second kappa shape index (κ2) is 11.4. The van der Waals surface area contributed by atoms with Crippen molar-refractivity contribution < 1.29 is 11.0 Å². The fourth-order valence-electron chi connectivity index (χ4n) is 3.55. The van der Waals surface area contributed by atoms with Crippen LogP contribution in [0.4, 0.5) is 11.6 Å². The zero-order chi connectivity index (χ0) is 23.8. The Bertz CT molecular complexity index is 1080. The highest BCUT2D eigenvalue weighted by molar-refractivity contribution is 6.09. The molecule has 1 aromatic carbocycles. The van der Waals surface area contributed by atoms with E-state index in [4.69, 9.17) is 5.73 Å². The maximum Gasteiger partial charge on any atom is 0.330 e. The molecule has 8 heteroatoms. The molecule has 0 aliphatic carbocycles. The van der Waals surface area contributed by atoms with Crippen LogP contribution in [0.1, 0.15) is 37.7 Å². The predicted molar refractivity (Wildman–Crippen MR) is 135 cm³/mol. The summed E-state index contributed by atoms with van der Waals surface area (Å²) in [5.74, 6) is 0.184. The van der Waals surface area contributed by atoms with Gasteiger partial charge in [-0.25, -0.2) is 14.8 Å². The van der Waals surface area contributed by atoms with Crippen LogP contribution in [0.5, 0.6) is 0 Å². The molecule has 0 unspecified atom stereocenters. The molecular weight excluding hydrogens is 416 g/mol. The molecular formula is C25H34N6O2. The van der Waals surface area contributed by atoms with Gasteiger partial charge in [0.15, 0.2) is 0 Å². The summed E-state index contributed by atoms with van der Waals surface area (Å²) in [6.45, 7) is 8.46. The minimum Gasteiger partial charge on any atom is -0.466 e. The smallest absolute Gasteiger partial charge is 0.330 e. The molecule has 0 spiro atoms. The summed E-state index contributed by atoms with van der Waals surface area (Å²) in [5, 5.41) is 3.32. The van der Waals surface area contributed by atoms with Crippen molar-refractivity contribution in [2.24, 2.45) is 10.7 Å². The molecule has 176 valence electrons. The lowest BCUT2D eigenvalue weighted by Crippen LogP contribution is -2.30. The van der Waals surface area contributed by atoms with Crippen molar-refractivity contribution in [3.63, 3.8) is 0 Å². The van der Waals surface area contributed by atoms with Gasteiger partial charge in [0.2, 0.25) is 5.95 Å². The Morgan fingerprint density at radius 2 is 2.21 bits per heavy atom. The number of hydrogen-bond donors (Lipinski definition) is 2. The van der Waals surface area contributed by atoms with Gasteiger partial charge in [-0.3, -0.25) is 9.89 Å². The first-order valence-electron chi connectivity index (χ1n) is 11.0. The van der Waals surface area contributed by atoms with E-state index in [0.717, 1.165) is 42.0 Å². The van der Waals surface area contributed by atoms with Crippen molar-refractivity contribution in [3.05, 3.63) is 65.1 Å². The Balaban J connectivity index is 0.00000408. The van der Waals surface area contributed by atoms with Gasteiger partial charge in [0.05, 0.1) is 12.8 Å². The number of rotatable bonds is 8. The summed E-state index contributed by atoms with van der Waals surface area (Å²) in [6.07, 6.45) is 9.32. The second-order valence-electron chi connectivity index (χ2n) is 8.24. The number of hydrogen-bond acceptors (Lipinski definition) is 8. The number of esters is 1. The van der Waals surface area contributed by atoms with E-state index in [1.165, 1.54) is 30.5 Å². The van der Waals surface area contributed by atoms with E-state index >= 15 is 0 Å². The fraction of sp³-hybridized carbons (Fsp3) is 0.360. The third-order valence-corrected chi connectivity index (χ3v) is 5.31. The lowest BCUT2D eigenvalue weighted by Gasteiger charge is -2.28. The van der Waals surface area contributed by atoms with Gasteiger partial charge in [0.25, 0.3) is 0 Å². The summed E-state index contributed by atoms with van der Waals surface area (Å²) in [4.78, 5) is 27.1. The predicted octanol–water partition coefficient (Wildman–Crippen LogP) is 3.64. The molecule has 0 fully saturated rings. The third-order valence-electron chi connectivity index (χ3n) is 5.31. The number of ether oxygens (including phenoxy) is 1. The number of nitrogens with two attached hydrogens (primary N) is 1. The average molecular weight is 451 g/mol. The Hall–Kier alpha value is -3.52. The van der Waals surface area contributed by atoms with Crippen molar-refractivity contribution in [1.82, 2.24) is 14.9 Å². The number of fused-ring (bicyclic) bond motifs is 1. The van der Waals surface area contributed by atoms with Crippen LogP contribution in [-0.2, 0) is 22.5 Å². The highest BCUT2D eigenvalue weighted by Crippen LogP contribution is 2.25. The lowest BCUT2D eigenvalue weighted by atomic mass is 9.99. The molecule has 1 aromatic heterocycles. The molecule has 33 heavy (non-hydrogen) atoms. The van der Waals surface area contributed by atoms with E-state index in [0.29, 0.717) is 12.5 Å². The molecule has 8 nitrogen and oxygen atoms in total. The van der Waals surface area contributed by atoms with Crippen LogP contribution < -0.4 is 11.1 Å². The Labute approximate surface area is 196 Å². The van der Waals surface area contributed by atoms with E-state index in [9.17, 15) is 4.79 Å². The maximum absolute atomic E-state index is 11.2. The molecule has 0 bridgehead atoms. The molecule has 3 rings (SSSR count). The zero-order valence-electron chi connectivity index (χ0n) is 19.7. The molecule has 1 aliphatic rings. The van der Waals surface area contributed by atoms with E-state index in [1.54, 1.807) is 12.4 Å². The van der Waals surface area contributed by atoms with Crippen LogP contribution in [0.15, 0.2) is 47.7 Å². The Kier molecular flexibility index (Phi) is 8.32. The number of allylic oxidation sites excluding steroid dienone is 1. The number of aromatic nitrogens is 2. The lowest BCUT2D eigenvalue weighted by molar-refractivity contribution is -0.134. The van der Waals surface area contributed by atoms with E-state index in [2.05, 4.69) is 42.0 Å². The van der Waals surface area contributed by atoms with Crippen molar-refractivity contribution in [2.45, 2.75) is 39.8 Å². The molecule has 0 radical (unpaired) electrons. The van der Waals surface area contributed by atoms with Crippen LogP contribution >= 0.6 is 0 Å². The Morgan fingerprint density at radius 1 is 1.39 bits per heavy atom. The van der Waals surface area contributed by atoms with Crippen molar-refractivity contribution in [2.75, 3.05) is 25.5 Å². The first-order valence-corrected chi connectivity index (χ1v) is 11.0. The molecule has 2 aromatic rings. The number of carbonyl (C=O) groups is 1. The van der Waals surface area contributed by atoms with Crippen LogP contribution in [0.25, 0.3) is 5.57 Å². The average Bonchev–Trinajstić information content (AvgIpc) is 2.81. The molecule has 3 N–H and O–H groups in total. The summed E-state index contributed by atoms with van der Waals surface area (Å²) < 4.78 is 4.64. The number of anilines is 2. The molecule has 0 amide bonds. The molecule has 0 atom stereocenters. The van der Waals surface area contributed by atoms with E-state index in [-0.39, 0.29) is 13.4 Å². The number of nitrogens with zero attached hydrogens (tertiary/aromatic N) is 4. The highest BCUT2D eigenvalue weighted by Gasteiger charge is 2.16. The number of benzene rings is 1. The summed E-state index contributed by atoms with van der Waals surface area (Å²) in [5.41, 5.74) is 11.8. The van der Waals surface area contributed by atoms with Crippen molar-refractivity contribution in [3.8, 4) is 0 Å². The van der Waals surface area contributed by atoms with Gasteiger partial charge in [-0.1, -0.05) is 12.1 Å². The van der Waals surface area contributed by atoms with Gasteiger partial charge in [-0.15, -0.1) is 0 Å². The molecule has 0 saturated carbocycles. The van der Waals surface area contributed by atoms with Crippen molar-refractivity contribution in [1.29, 1.82) is 0 Å². The second-order valence-corrected chi connectivity index (χ2v) is 8.24. The zero-order valence-corrected chi connectivity index (χ0v) is 19.7. The fourth-order valence-corrected chi connectivity index (χ4v) is 3.55. The third kappa shape index (κ3) is 6.73. The van der Waals surface area contributed by atoms with Crippen LogP contribution in [-0.4, -0.2) is 53.3 Å². The summed E-state index contributed by atoms with van der Waals surface area (Å²) in [6, 6.07) is 6.49. The van der Waals surface area contributed by atoms with E-state index in [1.807, 2.05) is 32.9 Å². The van der Waals surface area contributed by atoms with Crippen LogP contribution in [0, 0.1) is 6.92 Å². The SMILES string of the molecule is COC(=O)/C=C/CN1CCc2cc(Nc3ncc(C)c(/C(C=NC(C)C)=C/N)n3)ccc2C1.[HH]. The number of aryl methyl sites for hydroxylation is 1. The number of methoxy groups -OCH3 is 1. The highest BCUT2D eigenvalue weighted by atomic mass is 16.5. The minimum absolute atomic E-state index is 0. The van der Waals surface area contributed by atoms with Gasteiger partial charge in [-0.2, -0.15) is 0 Å². The number of aliphatic imine (C=N–C) groups is 1. The van der Waals surface area contributed by atoms with Gasteiger partial charge in [0, 0.05) is 63.1 Å². The monoisotopic (exact) mass is 450 g/mol. The molecule has 2 heterocycles. The van der Waals surface area contributed by atoms with Gasteiger partial charge in [-0.05, 0) is 56.0 Å². The van der Waals surface area contributed by atoms with Gasteiger partial charge in [0.1, 0.15) is 0 Å². The largest absolute Gasteiger partial charge is 0.466 e. The minimum atomic E-state index is -0.328. The molecule has 0 saturated heterocycles. The first kappa shape index (κ1) is 24.1. The van der Waals surface area contributed by atoms with Gasteiger partial charge < -0.3 is 15.8 Å². The van der Waals surface area contributed by atoms with Gasteiger partial charge >= 0.3 is 5.97 Å². The Morgan fingerprint density at radius 3 is 2.94 bits per heavy atom. The van der Waals surface area contributed by atoms with Crippen LogP contribution in [0.3, 0.4) is 0 Å². The number of nitrogens with one attached hydrogen (secondary N) is 1.